The van der Waals surface area contributed by atoms with Crippen LogP contribution < -0.4 is 5.32 Å². The molecule has 3 rings (SSSR count). The van der Waals surface area contributed by atoms with E-state index < -0.39 is 5.60 Å². The minimum Gasteiger partial charge on any atom is -0.383 e. The van der Waals surface area contributed by atoms with Crippen LogP contribution in [0.15, 0.2) is 24.3 Å². The van der Waals surface area contributed by atoms with Gasteiger partial charge in [0.05, 0.1) is 13.1 Å². The lowest BCUT2D eigenvalue weighted by Gasteiger charge is -2.35. The van der Waals surface area contributed by atoms with Crippen molar-refractivity contribution in [2.24, 2.45) is 0 Å². The van der Waals surface area contributed by atoms with Crippen molar-refractivity contribution in [2.75, 3.05) is 31.6 Å². The van der Waals surface area contributed by atoms with Crippen molar-refractivity contribution in [1.29, 1.82) is 0 Å². The van der Waals surface area contributed by atoms with E-state index in [0.29, 0.717) is 25.6 Å². The smallest absolute Gasteiger partial charge is 0.234 e. The van der Waals surface area contributed by atoms with Crippen LogP contribution in [0, 0.1) is 0 Å². The Morgan fingerprint density at radius 2 is 2.30 bits per heavy atom. The molecule has 23 heavy (non-hydrogen) atoms. The Morgan fingerprint density at radius 1 is 1.48 bits per heavy atom. The van der Waals surface area contributed by atoms with Crippen LogP contribution in [-0.2, 0) is 16.8 Å². The Hall–Kier alpha value is -1.04. The molecule has 2 N–H and O–H groups in total. The largest absolute Gasteiger partial charge is 0.383 e. The minimum absolute atomic E-state index is 0.000814. The summed E-state index contributed by atoms with van der Waals surface area (Å²) in [7, 11) is 2.01. The van der Waals surface area contributed by atoms with E-state index in [0.717, 1.165) is 30.6 Å². The van der Waals surface area contributed by atoms with Gasteiger partial charge in [0.15, 0.2) is 0 Å². The maximum Gasteiger partial charge on any atom is 0.234 e. The van der Waals surface area contributed by atoms with Crippen molar-refractivity contribution in [3.8, 4) is 0 Å². The monoisotopic (exact) mass is 334 g/mol. The fourth-order valence-corrected chi connectivity index (χ4v) is 4.91. The summed E-state index contributed by atoms with van der Waals surface area (Å²) in [5.41, 5.74) is 1.26. The first-order valence-corrected chi connectivity index (χ1v) is 9.59. The Labute approximate surface area is 142 Å². The number of likely N-dealkylation sites (N-methyl/N-ethyl adjacent to an activating group) is 1. The van der Waals surface area contributed by atoms with Gasteiger partial charge in [-0.3, -0.25) is 9.69 Å². The summed E-state index contributed by atoms with van der Waals surface area (Å²) >= 11 is 1.95. The molecule has 1 aliphatic carbocycles. The molecule has 5 heteroatoms. The lowest BCUT2D eigenvalue weighted by molar-refractivity contribution is -0.123. The maximum absolute atomic E-state index is 12.2. The predicted molar refractivity (Wildman–Crippen MR) is 94.6 cm³/mol. The standard InChI is InChI=1S/C18H26N2O2S/c1-20(15-8-10-23-12-15)11-17(21)19-13-18(22)9-4-6-14-5-2-3-7-16(14)18/h2-3,5,7,15,22H,4,6,8-13H2,1H3,(H,19,21)/t15-,18-/m1/s1. The van der Waals surface area contributed by atoms with Crippen LogP contribution in [0.3, 0.4) is 0 Å². The van der Waals surface area contributed by atoms with Crippen LogP contribution in [0.1, 0.15) is 30.4 Å². The average Bonchev–Trinajstić information content (AvgIpc) is 3.08. The van der Waals surface area contributed by atoms with E-state index in [1.54, 1.807) is 0 Å². The van der Waals surface area contributed by atoms with Crippen LogP contribution >= 0.6 is 11.8 Å². The second-order valence-electron chi connectivity index (χ2n) is 6.75. The van der Waals surface area contributed by atoms with Gasteiger partial charge in [-0.25, -0.2) is 0 Å². The summed E-state index contributed by atoms with van der Waals surface area (Å²) in [5, 5.41) is 13.9. The van der Waals surface area contributed by atoms with Gasteiger partial charge in [0, 0.05) is 11.8 Å². The molecule has 1 heterocycles. The summed E-state index contributed by atoms with van der Waals surface area (Å²) in [6, 6.07) is 8.54. The second kappa shape index (κ2) is 7.24. The molecule has 1 aromatic rings. The van der Waals surface area contributed by atoms with Crippen molar-refractivity contribution >= 4 is 17.7 Å². The molecule has 4 nitrogen and oxygen atoms in total. The molecule has 0 bridgehead atoms. The second-order valence-corrected chi connectivity index (χ2v) is 7.90. The summed E-state index contributed by atoms with van der Waals surface area (Å²) in [5.74, 6) is 2.30. The Bertz CT molecular complexity index is 560. The number of carbonyl (C=O) groups is 1. The molecule has 1 fully saturated rings. The highest BCUT2D eigenvalue weighted by atomic mass is 32.2. The Balaban J connectivity index is 1.56. The SMILES string of the molecule is CN(CC(=O)NC[C@]1(O)CCCc2ccccc21)[C@@H]1CCSC1. The number of hydrogen-bond acceptors (Lipinski definition) is 4. The van der Waals surface area contributed by atoms with Crippen LogP contribution in [0.4, 0.5) is 0 Å². The third-order valence-electron chi connectivity index (χ3n) is 5.06. The van der Waals surface area contributed by atoms with Gasteiger partial charge in [-0.2, -0.15) is 11.8 Å². The summed E-state index contributed by atoms with van der Waals surface area (Å²) in [6.07, 6.45) is 3.84. The van der Waals surface area contributed by atoms with Gasteiger partial charge >= 0.3 is 0 Å². The van der Waals surface area contributed by atoms with E-state index in [4.69, 9.17) is 0 Å². The number of aliphatic hydroxyl groups is 1. The molecule has 1 aliphatic heterocycles. The lowest BCUT2D eigenvalue weighted by atomic mass is 9.79. The predicted octanol–water partition coefficient (Wildman–Crippen LogP) is 1.76. The van der Waals surface area contributed by atoms with E-state index >= 15 is 0 Å². The van der Waals surface area contributed by atoms with E-state index in [2.05, 4.69) is 16.3 Å². The van der Waals surface area contributed by atoms with Crippen molar-refractivity contribution < 1.29 is 9.90 Å². The molecule has 0 unspecified atom stereocenters. The number of rotatable bonds is 5. The molecule has 126 valence electrons. The summed E-state index contributed by atoms with van der Waals surface area (Å²) in [6.45, 7) is 0.707. The first-order chi connectivity index (χ1) is 11.1. The number of fused-ring (bicyclic) bond motifs is 1. The highest BCUT2D eigenvalue weighted by molar-refractivity contribution is 7.99. The highest BCUT2D eigenvalue weighted by Crippen LogP contribution is 2.34. The molecule has 0 radical (unpaired) electrons. The first-order valence-electron chi connectivity index (χ1n) is 8.44. The van der Waals surface area contributed by atoms with Crippen molar-refractivity contribution in [3.63, 3.8) is 0 Å². The average molecular weight is 334 g/mol. The normalized spacial score (nSPS) is 27.0. The Kier molecular flexibility index (Phi) is 5.29. The third kappa shape index (κ3) is 3.90. The zero-order valence-electron chi connectivity index (χ0n) is 13.8. The molecule has 0 spiro atoms. The zero-order chi connectivity index (χ0) is 16.3. The van der Waals surface area contributed by atoms with E-state index in [9.17, 15) is 9.90 Å². The van der Waals surface area contributed by atoms with Gasteiger partial charge in [0.1, 0.15) is 5.60 Å². The Morgan fingerprint density at radius 3 is 3.09 bits per heavy atom. The molecule has 2 aliphatic rings. The van der Waals surface area contributed by atoms with Gasteiger partial charge in [0.2, 0.25) is 5.91 Å². The van der Waals surface area contributed by atoms with E-state index in [1.165, 1.54) is 11.3 Å². The molecule has 1 amide bonds. The lowest BCUT2D eigenvalue weighted by Crippen LogP contribution is -2.46. The fraction of sp³-hybridized carbons (Fsp3) is 0.611. The number of hydrogen-bond donors (Lipinski definition) is 2. The van der Waals surface area contributed by atoms with Crippen molar-refractivity contribution in [2.45, 2.75) is 37.3 Å². The van der Waals surface area contributed by atoms with Crippen LogP contribution in [0.2, 0.25) is 0 Å². The third-order valence-corrected chi connectivity index (χ3v) is 6.20. The van der Waals surface area contributed by atoms with Crippen molar-refractivity contribution in [3.05, 3.63) is 35.4 Å². The van der Waals surface area contributed by atoms with Gasteiger partial charge in [-0.1, -0.05) is 24.3 Å². The number of benzene rings is 1. The summed E-state index contributed by atoms with van der Waals surface area (Å²) < 4.78 is 0. The van der Waals surface area contributed by atoms with Crippen LogP contribution in [-0.4, -0.2) is 53.6 Å². The van der Waals surface area contributed by atoms with Crippen LogP contribution in [0.5, 0.6) is 0 Å². The van der Waals surface area contributed by atoms with Gasteiger partial charge in [-0.15, -0.1) is 0 Å². The quantitative estimate of drug-likeness (QED) is 0.862. The molecule has 1 aromatic carbocycles. The number of amides is 1. The minimum atomic E-state index is -0.924. The molecule has 0 aromatic heterocycles. The zero-order valence-corrected chi connectivity index (χ0v) is 14.6. The fourth-order valence-electron chi connectivity index (χ4n) is 3.61. The van der Waals surface area contributed by atoms with E-state index in [-0.39, 0.29) is 5.91 Å². The first kappa shape index (κ1) is 16.8. The number of carbonyl (C=O) groups excluding carboxylic acids is 1. The van der Waals surface area contributed by atoms with Crippen molar-refractivity contribution in [1.82, 2.24) is 10.2 Å². The number of nitrogens with one attached hydrogen (secondary N) is 1. The van der Waals surface area contributed by atoms with Gasteiger partial charge in [-0.05, 0) is 49.6 Å². The van der Waals surface area contributed by atoms with Gasteiger partial charge < -0.3 is 10.4 Å². The summed E-state index contributed by atoms with van der Waals surface area (Å²) in [4.78, 5) is 14.4. The molecule has 2 atom stereocenters. The van der Waals surface area contributed by atoms with Crippen LogP contribution in [0.25, 0.3) is 0 Å². The van der Waals surface area contributed by atoms with E-state index in [1.807, 2.05) is 37.0 Å². The molecular weight excluding hydrogens is 308 g/mol. The molecular formula is C18H26N2O2S. The number of thioether (sulfide) groups is 1. The van der Waals surface area contributed by atoms with Gasteiger partial charge in [0.25, 0.3) is 0 Å². The number of nitrogens with zero attached hydrogens (tertiary/aromatic N) is 1. The number of aryl methyl sites for hydroxylation is 1. The maximum atomic E-state index is 12.2. The topological polar surface area (TPSA) is 52.6 Å². The molecule has 0 saturated carbocycles. The highest BCUT2D eigenvalue weighted by Gasteiger charge is 2.34. The molecule has 1 saturated heterocycles.